The molecule has 0 saturated carbocycles. The molecule has 2 nitrogen and oxygen atoms in total. The van der Waals surface area contributed by atoms with Crippen molar-refractivity contribution in [1.29, 1.82) is 0 Å². The third kappa shape index (κ3) is 1.32. The van der Waals surface area contributed by atoms with E-state index in [1.807, 2.05) is 0 Å². The number of thiazole rings is 1. The first kappa shape index (κ1) is 6.35. The number of nitrogens with zero attached hydrogens (tertiary/aromatic N) is 1. The van der Waals surface area contributed by atoms with Gasteiger partial charge in [-0.25, -0.2) is 9.37 Å². The second-order valence-corrected chi connectivity index (χ2v) is 2.33. The summed E-state index contributed by atoms with van der Waals surface area (Å²) in [5.74, 6) is 0. The number of halogens is 1. The summed E-state index contributed by atoms with van der Waals surface area (Å²) in [6.45, 7) is 0. The number of carbonyl (C=O) groups excluding carboxylic acids is 1. The molecule has 1 unspecified atom stereocenters. The Balaban J connectivity index is 2.76. The van der Waals surface area contributed by atoms with E-state index in [2.05, 4.69) is 4.98 Å². The summed E-state index contributed by atoms with van der Waals surface area (Å²) < 4.78 is 12.3. The van der Waals surface area contributed by atoms with Gasteiger partial charge in [0.1, 0.15) is 5.01 Å². The Morgan fingerprint density at radius 3 is 3.11 bits per heavy atom. The monoisotopic (exact) mass is 145 g/mol. The summed E-state index contributed by atoms with van der Waals surface area (Å²) >= 11 is 1.14. The molecule has 1 aromatic rings. The zero-order valence-corrected chi connectivity index (χ0v) is 5.27. The van der Waals surface area contributed by atoms with Gasteiger partial charge in [-0.15, -0.1) is 11.3 Å². The molecular formula is C5H4FNOS. The summed E-state index contributed by atoms with van der Waals surface area (Å²) in [7, 11) is 0. The summed E-state index contributed by atoms with van der Waals surface area (Å²) in [5.41, 5.74) is 0. The van der Waals surface area contributed by atoms with Crippen molar-refractivity contribution in [3.63, 3.8) is 0 Å². The van der Waals surface area contributed by atoms with Crippen molar-refractivity contribution in [2.24, 2.45) is 0 Å². The molecule has 1 heterocycles. The molecule has 0 saturated heterocycles. The molecular weight excluding hydrogens is 141 g/mol. The van der Waals surface area contributed by atoms with E-state index >= 15 is 0 Å². The minimum Gasteiger partial charge on any atom is -0.300 e. The maximum absolute atomic E-state index is 12.3. The Hall–Kier alpha value is -0.770. The summed E-state index contributed by atoms with van der Waals surface area (Å²) in [4.78, 5) is 13.4. The van der Waals surface area contributed by atoms with Crippen molar-refractivity contribution in [3.8, 4) is 0 Å². The van der Waals surface area contributed by atoms with Gasteiger partial charge in [0.25, 0.3) is 0 Å². The van der Waals surface area contributed by atoms with Gasteiger partial charge in [0.05, 0.1) is 0 Å². The molecule has 9 heavy (non-hydrogen) atoms. The van der Waals surface area contributed by atoms with Gasteiger partial charge in [0.15, 0.2) is 6.29 Å². The first-order valence-electron chi connectivity index (χ1n) is 2.33. The Labute approximate surface area is 55.3 Å². The second-order valence-electron chi connectivity index (χ2n) is 1.41. The van der Waals surface area contributed by atoms with Gasteiger partial charge in [-0.05, 0) is 0 Å². The van der Waals surface area contributed by atoms with Crippen LogP contribution in [0.4, 0.5) is 4.39 Å². The van der Waals surface area contributed by atoms with E-state index in [1.54, 1.807) is 5.38 Å². The summed E-state index contributed by atoms with van der Waals surface area (Å²) in [6.07, 6.45) is 0.166. The van der Waals surface area contributed by atoms with Gasteiger partial charge in [0, 0.05) is 11.6 Å². The predicted molar refractivity (Wildman–Crippen MR) is 32.0 cm³/mol. The van der Waals surface area contributed by atoms with Crippen molar-refractivity contribution in [2.45, 2.75) is 6.17 Å². The van der Waals surface area contributed by atoms with Gasteiger partial charge in [0.2, 0.25) is 6.17 Å². The van der Waals surface area contributed by atoms with E-state index in [1.165, 1.54) is 6.20 Å². The highest BCUT2D eigenvalue weighted by molar-refractivity contribution is 7.09. The molecule has 0 bridgehead atoms. The highest BCUT2D eigenvalue weighted by Gasteiger charge is 2.08. The van der Waals surface area contributed by atoms with Crippen LogP contribution in [-0.4, -0.2) is 11.3 Å². The molecule has 48 valence electrons. The smallest absolute Gasteiger partial charge is 0.206 e. The van der Waals surface area contributed by atoms with E-state index in [-0.39, 0.29) is 11.3 Å². The first-order chi connectivity index (χ1) is 4.34. The van der Waals surface area contributed by atoms with Crippen molar-refractivity contribution < 1.29 is 9.18 Å². The van der Waals surface area contributed by atoms with Crippen molar-refractivity contribution >= 4 is 17.6 Å². The van der Waals surface area contributed by atoms with E-state index in [9.17, 15) is 9.18 Å². The van der Waals surface area contributed by atoms with Crippen LogP contribution >= 0.6 is 11.3 Å². The van der Waals surface area contributed by atoms with Crippen LogP contribution in [0.25, 0.3) is 0 Å². The van der Waals surface area contributed by atoms with Crippen LogP contribution in [0, 0.1) is 0 Å². The molecule has 0 fully saturated rings. The van der Waals surface area contributed by atoms with Crippen LogP contribution in [0.3, 0.4) is 0 Å². The average Bonchev–Trinajstić information content (AvgIpc) is 2.37. The molecule has 1 rings (SSSR count). The van der Waals surface area contributed by atoms with Gasteiger partial charge >= 0.3 is 0 Å². The number of aromatic nitrogens is 1. The van der Waals surface area contributed by atoms with E-state index < -0.39 is 6.17 Å². The summed E-state index contributed by atoms with van der Waals surface area (Å²) in [5, 5.41) is 1.86. The normalized spacial score (nSPS) is 13.0. The fourth-order valence-corrected chi connectivity index (χ4v) is 0.997. The number of aldehydes is 1. The molecule has 0 N–H and O–H groups in total. The Morgan fingerprint density at radius 1 is 1.89 bits per heavy atom. The van der Waals surface area contributed by atoms with E-state index in [4.69, 9.17) is 0 Å². The lowest BCUT2D eigenvalue weighted by Crippen LogP contribution is -1.89. The van der Waals surface area contributed by atoms with Crippen LogP contribution < -0.4 is 0 Å². The number of hydrogen-bond donors (Lipinski definition) is 0. The maximum Gasteiger partial charge on any atom is 0.206 e. The number of alkyl halides is 1. The lowest BCUT2D eigenvalue weighted by atomic mass is 10.5. The molecule has 0 aliphatic carbocycles. The molecule has 0 aromatic carbocycles. The molecule has 0 aliphatic rings. The molecule has 1 aromatic heterocycles. The minimum atomic E-state index is -1.54. The number of rotatable bonds is 2. The third-order valence-electron chi connectivity index (χ3n) is 0.807. The van der Waals surface area contributed by atoms with Crippen LogP contribution in [-0.2, 0) is 4.79 Å². The van der Waals surface area contributed by atoms with Crippen molar-refractivity contribution in [2.75, 3.05) is 0 Å². The summed E-state index contributed by atoms with van der Waals surface area (Å²) in [6, 6.07) is 0. The minimum absolute atomic E-state index is 0.227. The second kappa shape index (κ2) is 2.68. The van der Waals surface area contributed by atoms with Crippen LogP contribution in [0.15, 0.2) is 11.6 Å². The molecule has 0 radical (unpaired) electrons. The largest absolute Gasteiger partial charge is 0.300 e. The van der Waals surface area contributed by atoms with Gasteiger partial charge in [-0.2, -0.15) is 0 Å². The zero-order valence-electron chi connectivity index (χ0n) is 4.45. The topological polar surface area (TPSA) is 30.0 Å². The van der Waals surface area contributed by atoms with E-state index in [0.29, 0.717) is 0 Å². The Morgan fingerprint density at radius 2 is 2.67 bits per heavy atom. The highest BCUT2D eigenvalue weighted by Crippen LogP contribution is 2.16. The van der Waals surface area contributed by atoms with Crippen molar-refractivity contribution in [1.82, 2.24) is 4.98 Å². The maximum atomic E-state index is 12.3. The Bertz CT molecular complexity index is 187. The van der Waals surface area contributed by atoms with Gasteiger partial charge in [-0.1, -0.05) is 0 Å². The van der Waals surface area contributed by atoms with Gasteiger partial charge < -0.3 is 0 Å². The Kier molecular flexibility index (Phi) is 1.89. The van der Waals surface area contributed by atoms with Crippen LogP contribution in [0.2, 0.25) is 0 Å². The average molecular weight is 145 g/mol. The molecule has 4 heteroatoms. The SMILES string of the molecule is O=CC(F)c1nccs1. The molecule has 1 atom stereocenters. The van der Waals surface area contributed by atoms with Crippen LogP contribution in [0.1, 0.15) is 11.2 Å². The first-order valence-corrected chi connectivity index (χ1v) is 3.21. The fourth-order valence-electron chi connectivity index (χ4n) is 0.429. The lowest BCUT2D eigenvalue weighted by molar-refractivity contribution is -0.112. The third-order valence-corrected chi connectivity index (χ3v) is 1.64. The zero-order chi connectivity index (χ0) is 6.69. The molecule has 0 aliphatic heterocycles. The molecule has 0 amide bonds. The lowest BCUT2D eigenvalue weighted by Gasteiger charge is -1.88. The number of hydrogen-bond acceptors (Lipinski definition) is 3. The van der Waals surface area contributed by atoms with E-state index in [0.717, 1.165) is 11.3 Å². The molecule has 0 spiro atoms. The quantitative estimate of drug-likeness (QED) is 0.588. The fraction of sp³-hybridized carbons (Fsp3) is 0.200. The van der Waals surface area contributed by atoms with Crippen LogP contribution in [0.5, 0.6) is 0 Å². The van der Waals surface area contributed by atoms with Crippen molar-refractivity contribution in [3.05, 3.63) is 16.6 Å². The predicted octanol–water partition coefficient (Wildman–Crippen LogP) is 1.35. The standard InChI is InChI=1S/C5H4FNOS/c6-4(3-8)5-7-1-2-9-5/h1-4H. The van der Waals surface area contributed by atoms with Gasteiger partial charge in [-0.3, -0.25) is 4.79 Å². The highest BCUT2D eigenvalue weighted by atomic mass is 32.1. The number of carbonyl (C=O) groups is 1.